The van der Waals surface area contributed by atoms with Crippen molar-refractivity contribution >= 4 is 21.9 Å². The van der Waals surface area contributed by atoms with Crippen LogP contribution in [0.25, 0.3) is 0 Å². The molecule has 7 heteroatoms. The van der Waals surface area contributed by atoms with Crippen molar-refractivity contribution in [3.63, 3.8) is 0 Å². The average molecular weight is 253 g/mol. The molecule has 6 nitrogen and oxygen atoms in total. The molecular formula is C10H7NO5S. The first-order valence-corrected chi connectivity index (χ1v) is 5.98. The summed E-state index contributed by atoms with van der Waals surface area (Å²) in [6.45, 7) is 3.20. The number of rotatable bonds is 2. The van der Waals surface area contributed by atoms with E-state index < -0.39 is 21.9 Å². The summed E-state index contributed by atoms with van der Waals surface area (Å²) in [5.41, 5.74) is -0.0423. The average Bonchev–Trinajstić information content (AvgIpc) is 2.50. The molecule has 1 aliphatic rings. The molecule has 88 valence electrons. The fraction of sp³-hybridized carbons (Fsp3) is 0. The minimum Gasteiger partial charge on any atom is -0.422 e. The minimum absolute atomic E-state index is 0.0423. The molecule has 2 rings (SSSR count). The Labute approximate surface area is 96.9 Å². The van der Waals surface area contributed by atoms with Gasteiger partial charge in [-0.1, -0.05) is 12.6 Å². The number of carbonyl (C=O) groups is 2. The zero-order chi connectivity index (χ0) is 12.6. The van der Waals surface area contributed by atoms with E-state index in [2.05, 4.69) is 6.58 Å². The van der Waals surface area contributed by atoms with E-state index in [0.717, 1.165) is 6.08 Å². The van der Waals surface area contributed by atoms with Crippen molar-refractivity contribution < 1.29 is 22.7 Å². The monoisotopic (exact) mass is 253 g/mol. The summed E-state index contributed by atoms with van der Waals surface area (Å²) in [4.78, 5) is 22.1. The van der Waals surface area contributed by atoms with Crippen molar-refractivity contribution in [3.05, 3.63) is 36.4 Å². The molecule has 17 heavy (non-hydrogen) atoms. The number of fused-ring (bicyclic) bond motifs is 1. The van der Waals surface area contributed by atoms with Gasteiger partial charge in [0, 0.05) is 6.08 Å². The summed E-state index contributed by atoms with van der Waals surface area (Å²) >= 11 is 0. The summed E-state index contributed by atoms with van der Waals surface area (Å²) in [6, 6.07) is 4.05. The predicted molar refractivity (Wildman–Crippen MR) is 56.9 cm³/mol. The van der Waals surface area contributed by atoms with Gasteiger partial charge in [0.25, 0.3) is 15.9 Å². The third-order valence-electron chi connectivity index (χ3n) is 2.10. The van der Waals surface area contributed by atoms with Crippen LogP contribution in [0.1, 0.15) is 10.4 Å². The first kappa shape index (κ1) is 11.3. The van der Waals surface area contributed by atoms with E-state index in [0.29, 0.717) is 0 Å². The van der Waals surface area contributed by atoms with Gasteiger partial charge in [-0.3, -0.25) is 4.79 Å². The Balaban J connectivity index is 2.62. The highest BCUT2D eigenvalue weighted by atomic mass is 32.2. The molecule has 1 N–H and O–H groups in total. The number of esters is 1. The number of carbonyl (C=O) groups excluding carboxylic acids is 2. The Morgan fingerprint density at radius 3 is 2.76 bits per heavy atom. The molecule has 0 aliphatic carbocycles. The molecule has 1 aromatic rings. The van der Waals surface area contributed by atoms with Crippen molar-refractivity contribution in [3.8, 4) is 5.75 Å². The van der Waals surface area contributed by atoms with Gasteiger partial charge in [-0.2, -0.15) is 0 Å². The second-order valence-corrected chi connectivity index (χ2v) is 4.81. The molecule has 0 unspecified atom stereocenters. The van der Waals surface area contributed by atoms with Crippen LogP contribution in [0.5, 0.6) is 5.75 Å². The molecule has 0 spiro atoms. The van der Waals surface area contributed by atoms with Gasteiger partial charge in [0.15, 0.2) is 5.75 Å². The maximum Gasteiger partial charge on any atom is 0.335 e. The Kier molecular flexibility index (Phi) is 2.47. The van der Waals surface area contributed by atoms with Gasteiger partial charge in [0.1, 0.15) is 4.90 Å². The van der Waals surface area contributed by atoms with Crippen LogP contribution in [0, 0.1) is 0 Å². The number of benzene rings is 1. The molecule has 0 fully saturated rings. The predicted octanol–water partition coefficient (Wildman–Crippen LogP) is 0.210. The van der Waals surface area contributed by atoms with Crippen LogP contribution in [-0.4, -0.2) is 20.3 Å². The summed E-state index contributed by atoms with van der Waals surface area (Å²) in [5, 5.41) is 0. The molecular weight excluding hydrogens is 246 g/mol. The molecule has 0 saturated carbocycles. The van der Waals surface area contributed by atoms with Crippen LogP contribution in [0.4, 0.5) is 0 Å². The summed E-state index contributed by atoms with van der Waals surface area (Å²) in [6.07, 6.45) is 0.899. The smallest absolute Gasteiger partial charge is 0.335 e. The topological polar surface area (TPSA) is 89.5 Å². The van der Waals surface area contributed by atoms with E-state index in [1.807, 2.05) is 0 Å². The van der Waals surface area contributed by atoms with Gasteiger partial charge < -0.3 is 4.74 Å². The van der Waals surface area contributed by atoms with Gasteiger partial charge in [0.05, 0.1) is 5.56 Å². The van der Waals surface area contributed by atoms with Gasteiger partial charge >= 0.3 is 5.97 Å². The Morgan fingerprint density at radius 1 is 1.41 bits per heavy atom. The van der Waals surface area contributed by atoms with E-state index in [4.69, 9.17) is 4.74 Å². The molecule has 0 radical (unpaired) electrons. The number of ether oxygens (including phenoxy) is 1. The van der Waals surface area contributed by atoms with Gasteiger partial charge in [-0.05, 0) is 12.1 Å². The summed E-state index contributed by atoms with van der Waals surface area (Å²) in [5.74, 6) is -1.73. The Bertz CT molecular complexity index is 632. The third kappa shape index (κ3) is 1.80. The normalized spacial score (nSPS) is 15.9. The summed E-state index contributed by atoms with van der Waals surface area (Å²) < 4.78 is 29.8. The third-order valence-corrected chi connectivity index (χ3v) is 3.51. The van der Waals surface area contributed by atoms with Crippen LogP contribution < -0.4 is 9.46 Å². The van der Waals surface area contributed by atoms with Crippen LogP contribution in [-0.2, 0) is 14.8 Å². The van der Waals surface area contributed by atoms with Crippen molar-refractivity contribution in [2.45, 2.75) is 4.90 Å². The number of hydrogen-bond acceptors (Lipinski definition) is 5. The van der Waals surface area contributed by atoms with Gasteiger partial charge in [-0.15, -0.1) is 0 Å². The quantitative estimate of drug-likeness (QED) is 0.462. The van der Waals surface area contributed by atoms with Crippen molar-refractivity contribution in [2.75, 3.05) is 0 Å². The van der Waals surface area contributed by atoms with E-state index in [1.54, 1.807) is 4.72 Å². The lowest BCUT2D eigenvalue weighted by atomic mass is 10.2. The maximum absolute atomic E-state index is 11.6. The molecule has 1 amide bonds. The largest absolute Gasteiger partial charge is 0.422 e. The summed E-state index contributed by atoms with van der Waals surface area (Å²) in [7, 11) is -3.95. The Morgan fingerprint density at radius 2 is 2.12 bits per heavy atom. The highest BCUT2D eigenvalue weighted by Gasteiger charge is 2.36. The molecule has 0 bridgehead atoms. The lowest BCUT2D eigenvalue weighted by molar-refractivity contribution is -0.129. The van der Waals surface area contributed by atoms with E-state index in [9.17, 15) is 18.0 Å². The molecule has 0 atom stereocenters. The molecule has 1 heterocycles. The number of nitrogens with one attached hydrogen (secondary N) is 1. The van der Waals surface area contributed by atoms with E-state index >= 15 is 0 Å². The highest BCUT2D eigenvalue weighted by Crippen LogP contribution is 2.31. The molecule has 1 aromatic carbocycles. The number of hydrogen-bond donors (Lipinski definition) is 1. The Hall–Kier alpha value is -2.15. The fourth-order valence-electron chi connectivity index (χ4n) is 1.43. The van der Waals surface area contributed by atoms with Crippen molar-refractivity contribution in [1.29, 1.82) is 0 Å². The van der Waals surface area contributed by atoms with Crippen LogP contribution >= 0.6 is 0 Å². The second kappa shape index (κ2) is 3.70. The first-order chi connectivity index (χ1) is 7.95. The zero-order valence-corrected chi connectivity index (χ0v) is 9.28. The highest BCUT2D eigenvalue weighted by molar-refractivity contribution is 7.90. The number of amides is 1. The zero-order valence-electron chi connectivity index (χ0n) is 8.47. The van der Waals surface area contributed by atoms with E-state index in [-0.39, 0.29) is 16.2 Å². The van der Waals surface area contributed by atoms with Gasteiger partial charge in [0.2, 0.25) is 0 Å². The van der Waals surface area contributed by atoms with Crippen LogP contribution in [0.3, 0.4) is 0 Å². The minimum atomic E-state index is -3.95. The maximum atomic E-state index is 11.6. The lowest BCUT2D eigenvalue weighted by Crippen LogP contribution is -2.21. The number of sulfonamides is 1. The van der Waals surface area contributed by atoms with Crippen LogP contribution in [0.15, 0.2) is 35.7 Å². The SMILES string of the molecule is C=CC(=O)Oc1cccc2c1S(=O)(=O)NC2=O. The standard InChI is InChI=1S/C10H7NO5S/c1-2-8(12)16-7-5-3-4-6-9(7)17(14,15)11-10(6)13/h2-5H,1H2,(H,11,13). The van der Waals surface area contributed by atoms with Crippen LogP contribution in [0.2, 0.25) is 0 Å². The lowest BCUT2D eigenvalue weighted by Gasteiger charge is -2.04. The second-order valence-electron chi connectivity index (χ2n) is 3.19. The van der Waals surface area contributed by atoms with E-state index in [1.165, 1.54) is 18.2 Å². The fourth-order valence-corrected chi connectivity index (χ4v) is 2.71. The van der Waals surface area contributed by atoms with Gasteiger partial charge in [-0.25, -0.2) is 17.9 Å². The van der Waals surface area contributed by atoms with Crippen molar-refractivity contribution in [1.82, 2.24) is 4.72 Å². The molecule has 1 aliphatic heterocycles. The first-order valence-electron chi connectivity index (χ1n) is 4.50. The molecule has 0 saturated heterocycles. The molecule has 0 aromatic heterocycles. The van der Waals surface area contributed by atoms with Crippen molar-refractivity contribution in [2.24, 2.45) is 0 Å².